The Hall–Kier alpha value is -2.41. The molecular weight excluding hydrogens is 496 g/mol. The highest BCUT2D eigenvalue weighted by molar-refractivity contribution is 7.92. The smallest absolute Gasteiger partial charge is 0.232 e. The summed E-state index contributed by atoms with van der Waals surface area (Å²) in [5, 5.41) is 0.510. The van der Waals surface area contributed by atoms with Gasteiger partial charge in [-0.1, -0.05) is 18.3 Å². The molecule has 8 nitrogen and oxygen atoms in total. The van der Waals surface area contributed by atoms with Gasteiger partial charge in [0.2, 0.25) is 15.3 Å². The molecule has 1 aliphatic heterocycles. The van der Waals surface area contributed by atoms with E-state index in [9.17, 15) is 12.8 Å². The summed E-state index contributed by atoms with van der Waals surface area (Å²) < 4.78 is 62.4. The first-order chi connectivity index (χ1) is 15.8. The molecule has 0 atom stereocenters. The lowest BCUT2D eigenvalue weighted by molar-refractivity contribution is 0.122. The molecule has 2 aromatic heterocycles. The number of halogens is 3. The van der Waals surface area contributed by atoms with Crippen LogP contribution in [0.15, 0.2) is 24.4 Å². The van der Waals surface area contributed by atoms with Crippen molar-refractivity contribution in [2.45, 2.75) is 13.3 Å². The molecule has 0 amide bonds. The van der Waals surface area contributed by atoms with E-state index in [4.69, 9.17) is 16.3 Å². The monoisotopic (exact) mass is 515 g/mol. The normalized spacial score (nSPS) is 14.5. The molecule has 33 heavy (non-hydrogen) atoms. The lowest BCUT2D eigenvalue weighted by atomic mass is 10.1. The number of benzene rings is 1. The molecule has 1 aromatic carbocycles. The first-order valence-electron chi connectivity index (χ1n) is 10.1. The summed E-state index contributed by atoms with van der Waals surface area (Å²) in [6.45, 7) is 3.83. The first kappa shape index (κ1) is 23.7. The van der Waals surface area contributed by atoms with Crippen molar-refractivity contribution >= 4 is 43.8 Å². The highest BCUT2D eigenvalue weighted by Crippen LogP contribution is 2.43. The van der Waals surface area contributed by atoms with Gasteiger partial charge in [-0.05, 0) is 36.2 Å². The number of aromatic nitrogens is 3. The van der Waals surface area contributed by atoms with Crippen LogP contribution < -0.4 is 9.62 Å². The molecule has 0 bridgehead atoms. The van der Waals surface area contributed by atoms with E-state index in [1.165, 1.54) is 17.5 Å². The zero-order chi connectivity index (χ0) is 23.6. The number of hydrogen-bond acceptors (Lipinski definition) is 8. The van der Waals surface area contributed by atoms with Crippen molar-refractivity contribution in [2.75, 3.05) is 41.7 Å². The van der Waals surface area contributed by atoms with Crippen LogP contribution in [0.3, 0.4) is 0 Å². The van der Waals surface area contributed by atoms with Gasteiger partial charge in [0.25, 0.3) is 0 Å². The molecule has 1 saturated heterocycles. The predicted molar refractivity (Wildman–Crippen MR) is 124 cm³/mol. The topological polar surface area (TPSA) is 97.3 Å². The Balaban J connectivity index is 1.87. The van der Waals surface area contributed by atoms with E-state index in [-0.39, 0.29) is 22.4 Å². The fourth-order valence-electron chi connectivity index (χ4n) is 3.34. The van der Waals surface area contributed by atoms with Gasteiger partial charge in [0.15, 0.2) is 10.9 Å². The van der Waals surface area contributed by atoms with Crippen molar-refractivity contribution in [2.24, 2.45) is 0 Å². The fraction of sp³-hybridized carbons (Fsp3) is 0.350. The highest BCUT2D eigenvalue weighted by atomic mass is 35.5. The van der Waals surface area contributed by atoms with E-state index in [1.807, 2.05) is 4.90 Å². The molecule has 3 heterocycles. The number of sulfonamides is 1. The van der Waals surface area contributed by atoms with Gasteiger partial charge in [0, 0.05) is 19.3 Å². The Morgan fingerprint density at radius 2 is 1.97 bits per heavy atom. The largest absolute Gasteiger partial charge is 0.378 e. The van der Waals surface area contributed by atoms with Crippen molar-refractivity contribution in [1.82, 2.24) is 15.0 Å². The van der Waals surface area contributed by atoms with Crippen molar-refractivity contribution in [3.8, 4) is 21.8 Å². The zero-order valence-corrected chi connectivity index (χ0v) is 19.9. The van der Waals surface area contributed by atoms with Crippen LogP contribution >= 0.6 is 22.9 Å². The van der Waals surface area contributed by atoms with Crippen molar-refractivity contribution < 1.29 is 21.9 Å². The van der Waals surface area contributed by atoms with Crippen LogP contribution in [0.25, 0.3) is 21.8 Å². The number of nitrogens with zero attached hydrogens (tertiary/aromatic N) is 4. The third-order valence-electron chi connectivity index (χ3n) is 4.82. The van der Waals surface area contributed by atoms with E-state index in [2.05, 4.69) is 19.7 Å². The maximum Gasteiger partial charge on any atom is 0.232 e. The van der Waals surface area contributed by atoms with Gasteiger partial charge in [-0.2, -0.15) is 0 Å². The maximum atomic E-state index is 15.5. The van der Waals surface area contributed by atoms with Crippen LogP contribution in [0, 0.1) is 11.6 Å². The average Bonchev–Trinajstić information content (AvgIpc) is 3.21. The van der Waals surface area contributed by atoms with Crippen LogP contribution in [0.4, 0.5) is 19.6 Å². The van der Waals surface area contributed by atoms with Gasteiger partial charge in [-0.15, -0.1) is 0 Å². The number of rotatable bonds is 7. The van der Waals surface area contributed by atoms with Gasteiger partial charge in [0.05, 0.1) is 46.5 Å². The third-order valence-corrected chi connectivity index (χ3v) is 7.62. The van der Waals surface area contributed by atoms with E-state index in [0.29, 0.717) is 48.4 Å². The lowest BCUT2D eigenvalue weighted by Crippen LogP contribution is -2.36. The quantitative estimate of drug-likeness (QED) is 0.471. The third kappa shape index (κ3) is 5.24. The summed E-state index contributed by atoms with van der Waals surface area (Å²) in [7, 11) is -3.79. The molecule has 1 fully saturated rings. The second-order valence-electron chi connectivity index (χ2n) is 7.19. The molecule has 1 aliphatic rings. The van der Waals surface area contributed by atoms with E-state index in [0.717, 1.165) is 12.1 Å². The Kier molecular flexibility index (Phi) is 7.07. The van der Waals surface area contributed by atoms with Gasteiger partial charge < -0.3 is 9.64 Å². The van der Waals surface area contributed by atoms with Crippen molar-refractivity contribution in [1.29, 1.82) is 0 Å². The van der Waals surface area contributed by atoms with Crippen molar-refractivity contribution in [3.05, 3.63) is 41.3 Å². The number of thiazole rings is 1. The van der Waals surface area contributed by atoms with Gasteiger partial charge >= 0.3 is 0 Å². The molecule has 0 aliphatic carbocycles. The Morgan fingerprint density at radius 1 is 1.21 bits per heavy atom. The lowest BCUT2D eigenvalue weighted by Gasteiger charge is -2.26. The predicted octanol–water partition coefficient (Wildman–Crippen LogP) is 4.19. The molecule has 13 heteroatoms. The molecule has 0 saturated carbocycles. The van der Waals surface area contributed by atoms with E-state index >= 15 is 4.39 Å². The molecule has 176 valence electrons. The molecule has 1 N–H and O–H groups in total. The minimum atomic E-state index is -3.79. The fourth-order valence-corrected chi connectivity index (χ4v) is 5.71. The van der Waals surface area contributed by atoms with Crippen LogP contribution in [0.2, 0.25) is 5.28 Å². The molecule has 4 rings (SSSR count). The number of morpholine rings is 1. The van der Waals surface area contributed by atoms with Gasteiger partial charge in [-0.3, -0.25) is 4.72 Å². The van der Waals surface area contributed by atoms with Crippen LogP contribution in [0.5, 0.6) is 0 Å². The van der Waals surface area contributed by atoms with Crippen LogP contribution in [-0.4, -0.2) is 55.4 Å². The van der Waals surface area contributed by atoms with Crippen LogP contribution in [0.1, 0.15) is 13.3 Å². The summed E-state index contributed by atoms with van der Waals surface area (Å²) in [6.07, 6.45) is 1.78. The first-order valence-corrected chi connectivity index (χ1v) is 12.9. The number of nitrogens with one attached hydrogen (secondary N) is 1. The summed E-state index contributed by atoms with van der Waals surface area (Å²) >= 11 is 7.15. The molecule has 0 spiro atoms. The Bertz CT molecular complexity index is 1270. The second kappa shape index (κ2) is 9.84. The van der Waals surface area contributed by atoms with Gasteiger partial charge in [0.1, 0.15) is 5.82 Å². The summed E-state index contributed by atoms with van der Waals surface area (Å²) in [5.41, 5.74) is -0.458. The average molecular weight is 516 g/mol. The standard InChI is InChI=1S/C20H20ClF2N5O3S2/c1-2-11-33(29,30)27-13-4-3-12(22)15(16(13)23)17-18(14-5-6-24-19(21)25-14)32-20(26-17)28-7-9-31-10-8-28/h3-6,27H,2,7-11H2,1H3. The maximum absolute atomic E-state index is 15.5. The highest BCUT2D eigenvalue weighted by Gasteiger charge is 2.27. The summed E-state index contributed by atoms with van der Waals surface area (Å²) in [4.78, 5) is 14.9. The Morgan fingerprint density at radius 3 is 2.67 bits per heavy atom. The summed E-state index contributed by atoms with van der Waals surface area (Å²) in [6, 6.07) is 3.63. The van der Waals surface area contributed by atoms with Gasteiger partial charge in [-0.25, -0.2) is 32.2 Å². The minimum Gasteiger partial charge on any atom is -0.378 e. The SMILES string of the molecule is CCCS(=O)(=O)Nc1ccc(F)c(-c2nc(N3CCOCC3)sc2-c2ccnc(Cl)n2)c1F. The van der Waals surface area contributed by atoms with Crippen molar-refractivity contribution in [3.63, 3.8) is 0 Å². The number of hydrogen-bond donors (Lipinski definition) is 1. The molecule has 3 aromatic rings. The summed E-state index contributed by atoms with van der Waals surface area (Å²) in [5.74, 6) is -2.14. The second-order valence-corrected chi connectivity index (χ2v) is 10.3. The molecule has 0 radical (unpaired) electrons. The number of anilines is 2. The zero-order valence-electron chi connectivity index (χ0n) is 17.5. The Labute approximate surface area is 198 Å². The van der Waals surface area contributed by atoms with Crippen LogP contribution in [-0.2, 0) is 14.8 Å². The van der Waals surface area contributed by atoms with E-state index < -0.39 is 27.2 Å². The minimum absolute atomic E-state index is 0.00259. The van der Waals surface area contributed by atoms with E-state index in [1.54, 1.807) is 13.0 Å². The molecule has 0 unspecified atom stereocenters. The molecular formula is C20H20ClF2N5O3S2. The number of ether oxygens (including phenoxy) is 1.